The highest BCUT2D eigenvalue weighted by Crippen LogP contribution is 2.31. The highest BCUT2D eigenvalue weighted by Gasteiger charge is 2.16. The molecule has 0 fully saturated rings. The van der Waals surface area contributed by atoms with Gasteiger partial charge in [-0.15, -0.1) is 0 Å². The molecule has 0 saturated carbocycles. The van der Waals surface area contributed by atoms with E-state index in [0.717, 1.165) is 0 Å². The Hall–Kier alpha value is -3.06. The number of carbonyl (C=O) groups is 2. The Labute approximate surface area is 151 Å². The summed E-state index contributed by atoms with van der Waals surface area (Å²) >= 11 is 0. The van der Waals surface area contributed by atoms with E-state index in [2.05, 4.69) is 5.32 Å². The quantitative estimate of drug-likeness (QED) is 0.670. The van der Waals surface area contributed by atoms with Crippen LogP contribution in [0.25, 0.3) is 0 Å². The van der Waals surface area contributed by atoms with Gasteiger partial charge in [-0.2, -0.15) is 0 Å². The van der Waals surface area contributed by atoms with Crippen LogP contribution < -0.4 is 20.5 Å². The average Bonchev–Trinajstić information content (AvgIpc) is 2.65. The number of benzene rings is 2. The standard InChI is InChI=1S/C19H22N2O5/c1-25-14-7-8-15(17(11-14)26-2)16(22)9-10-18(23)21-13-5-3-12(4-6-13)19(20)24/h3-8,11,16,22H,9-10H2,1-2H3,(H2,20,24)(H,21,23). The Bertz CT molecular complexity index is 774. The van der Waals surface area contributed by atoms with Crippen molar-refractivity contribution in [2.45, 2.75) is 18.9 Å². The van der Waals surface area contributed by atoms with Crippen molar-refractivity contribution < 1.29 is 24.2 Å². The molecule has 2 amide bonds. The lowest BCUT2D eigenvalue weighted by molar-refractivity contribution is -0.116. The summed E-state index contributed by atoms with van der Waals surface area (Å²) in [5, 5.41) is 13.1. The maximum Gasteiger partial charge on any atom is 0.248 e. The fraction of sp³-hybridized carbons (Fsp3) is 0.263. The van der Waals surface area contributed by atoms with Crippen molar-refractivity contribution in [1.82, 2.24) is 0 Å². The first-order valence-electron chi connectivity index (χ1n) is 8.04. The second kappa shape index (κ2) is 8.87. The molecule has 0 aromatic heterocycles. The molecule has 4 N–H and O–H groups in total. The minimum Gasteiger partial charge on any atom is -0.497 e. The van der Waals surface area contributed by atoms with Gasteiger partial charge in [0, 0.05) is 29.3 Å². The molecule has 0 aliphatic heterocycles. The lowest BCUT2D eigenvalue weighted by Gasteiger charge is -2.15. The SMILES string of the molecule is COc1ccc(C(O)CCC(=O)Nc2ccc(C(N)=O)cc2)c(OC)c1. The van der Waals surface area contributed by atoms with Crippen LogP contribution in [0.3, 0.4) is 0 Å². The van der Waals surface area contributed by atoms with E-state index in [9.17, 15) is 14.7 Å². The van der Waals surface area contributed by atoms with E-state index in [1.165, 1.54) is 19.2 Å². The van der Waals surface area contributed by atoms with Crippen LogP contribution in [0.1, 0.15) is 34.9 Å². The summed E-state index contributed by atoms with van der Waals surface area (Å²) in [5.74, 6) is 0.344. The van der Waals surface area contributed by atoms with Crippen LogP contribution in [0.5, 0.6) is 11.5 Å². The third-order valence-corrected chi connectivity index (χ3v) is 3.90. The Balaban J connectivity index is 1.93. The van der Waals surface area contributed by atoms with Gasteiger partial charge in [0.05, 0.1) is 20.3 Å². The van der Waals surface area contributed by atoms with E-state index in [-0.39, 0.29) is 18.7 Å². The average molecular weight is 358 g/mol. The van der Waals surface area contributed by atoms with Gasteiger partial charge >= 0.3 is 0 Å². The lowest BCUT2D eigenvalue weighted by Crippen LogP contribution is -2.14. The van der Waals surface area contributed by atoms with E-state index in [4.69, 9.17) is 15.2 Å². The van der Waals surface area contributed by atoms with Crippen LogP contribution in [-0.4, -0.2) is 31.1 Å². The minimum absolute atomic E-state index is 0.119. The molecule has 0 radical (unpaired) electrons. The number of aliphatic hydroxyl groups excluding tert-OH is 1. The third-order valence-electron chi connectivity index (χ3n) is 3.90. The molecule has 2 rings (SSSR count). The van der Waals surface area contributed by atoms with E-state index < -0.39 is 12.0 Å². The van der Waals surface area contributed by atoms with Gasteiger partial charge in [-0.05, 0) is 42.8 Å². The van der Waals surface area contributed by atoms with Gasteiger partial charge in [-0.25, -0.2) is 0 Å². The first kappa shape index (κ1) is 19.3. The summed E-state index contributed by atoms with van der Waals surface area (Å²) < 4.78 is 10.4. The molecule has 2 aromatic rings. The van der Waals surface area contributed by atoms with Crippen molar-refractivity contribution in [3.63, 3.8) is 0 Å². The smallest absolute Gasteiger partial charge is 0.248 e. The van der Waals surface area contributed by atoms with Crippen LogP contribution in [0.4, 0.5) is 5.69 Å². The number of methoxy groups -OCH3 is 2. The number of ether oxygens (including phenoxy) is 2. The Morgan fingerprint density at radius 3 is 2.38 bits per heavy atom. The third kappa shape index (κ3) is 4.97. The van der Waals surface area contributed by atoms with E-state index in [1.807, 2.05) is 0 Å². The maximum atomic E-state index is 12.1. The second-order valence-corrected chi connectivity index (χ2v) is 5.65. The molecule has 1 atom stereocenters. The summed E-state index contributed by atoms with van der Waals surface area (Å²) in [4.78, 5) is 23.1. The second-order valence-electron chi connectivity index (χ2n) is 5.65. The number of nitrogens with two attached hydrogens (primary N) is 1. The zero-order chi connectivity index (χ0) is 19.1. The Morgan fingerprint density at radius 2 is 1.81 bits per heavy atom. The van der Waals surface area contributed by atoms with Crippen LogP contribution in [0.2, 0.25) is 0 Å². The Morgan fingerprint density at radius 1 is 1.12 bits per heavy atom. The Kier molecular flexibility index (Phi) is 6.57. The molecule has 26 heavy (non-hydrogen) atoms. The molecular weight excluding hydrogens is 336 g/mol. The summed E-state index contributed by atoms with van der Waals surface area (Å²) in [5.41, 5.74) is 6.68. The van der Waals surface area contributed by atoms with E-state index in [1.54, 1.807) is 37.4 Å². The van der Waals surface area contributed by atoms with Gasteiger partial charge in [-0.3, -0.25) is 9.59 Å². The topological polar surface area (TPSA) is 111 Å². The van der Waals surface area contributed by atoms with Crippen molar-refractivity contribution in [1.29, 1.82) is 0 Å². The van der Waals surface area contributed by atoms with Crippen LogP contribution in [0, 0.1) is 0 Å². The van der Waals surface area contributed by atoms with Crippen LogP contribution in [-0.2, 0) is 4.79 Å². The van der Waals surface area contributed by atoms with Gasteiger partial charge in [-0.1, -0.05) is 0 Å². The first-order valence-corrected chi connectivity index (χ1v) is 8.04. The minimum atomic E-state index is -0.848. The molecule has 0 spiro atoms. The van der Waals surface area contributed by atoms with Crippen molar-refractivity contribution in [2.75, 3.05) is 19.5 Å². The van der Waals surface area contributed by atoms with E-state index >= 15 is 0 Å². The van der Waals surface area contributed by atoms with E-state index in [0.29, 0.717) is 28.3 Å². The monoisotopic (exact) mass is 358 g/mol. The molecule has 0 aliphatic rings. The fourth-order valence-electron chi connectivity index (χ4n) is 2.46. The fourth-order valence-corrected chi connectivity index (χ4v) is 2.46. The molecule has 7 heteroatoms. The van der Waals surface area contributed by atoms with Gasteiger partial charge in [0.15, 0.2) is 0 Å². The number of aliphatic hydroxyl groups is 1. The normalized spacial score (nSPS) is 11.5. The van der Waals surface area contributed by atoms with Gasteiger partial charge in [0.25, 0.3) is 0 Å². The molecule has 0 heterocycles. The number of amides is 2. The van der Waals surface area contributed by atoms with Crippen molar-refractivity contribution in [3.8, 4) is 11.5 Å². The molecule has 0 aliphatic carbocycles. The molecule has 7 nitrogen and oxygen atoms in total. The molecule has 0 bridgehead atoms. The molecule has 138 valence electrons. The van der Waals surface area contributed by atoms with Gasteiger partial charge < -0.3 is 25.6 Å². The molecule has 2 aromatic carbocycles. The number of nitrogens with one attached hydrogen (secondary N) is 1. The highest BCUT2D eigenvalue weighted by molar-refractivity contribution is 5.94. The van der Waals surface area contributed by atoms with Crippen molar-refractivity contribution in [3.05, 3.63) is 53.6 Å². The summed E-state index contributed by atoms with van der Waals surface area (Å²) in [6.45, 7) is 0. The number of rotatable bonds is 8. The highest BCUT2D eigenvalue weighted by atomic mass is 16.5. The number of primary amides is 1. The zero-order valence-electron chi connectivity index (χ0n) is 14.7. The summed E-state index contributed by atoms with van der Waals surface area (Å²) in [6, 6.07) is 11.4. The molecule has 0 saturated heterocycles. The van der Waals surface area contributed by atoms with Crippen LogP contribution in [0.15, 0.2) is 42.5 Å². The van der Waals surface area contributed by atoms with Crippen molar-refractivity contribution >= 4 is 17.5 Å². The number of hydrogen-bond acceptors (Lipinski definition) is 5. The van der Waals surface area contributed by atoms with Crippen molar-refractivity contribution in [2.24, 2.45) is 5.73 Å². The summed E-state index contributed by atoms with van der Waals surface area (Å²) in [7, 11) is 3.05. The number of hydrogen-bond donors (Lipinski definition) is 3. The zero-order valence-corrected chi connectivity index (χ0v) is 14.7. The van der Waals surface area contributed by atoms with Gasteiger partial charge in [0.1, 0.15) is 11.5 Å². The largest absolute Gasteiger partial charge is 0.497 e. The number of anilines is 1. The first-order chi connectivity index (χ1) is 12.4. The van der Waals surface area contributed by atoms with Gasteiger partial charge in [0.2, 0.25) is 11.8 Å². The molecular formula is C19H22N2O5. The molecule has 1 unspecified atom stereocenters. The van der Waals surface area contributed by atoms with Crippen LogP contribution >= 0.6 is 0 Å². The lowest BCUT2D eigenvalue weighted by atomic mass is 10.0. The predicted molar refractivity (Wildman–Crippen MR) is 97.3 cm³/mol. The number of carbonyl (C=O) groups excluding carboxylic acids is 2. The maximum absolute atomic E-state index is 12.1. The summed E-state index contributed by atoms with van der Waals surface area (Å²) in [6.07, 6.45) is -0.499. The predicted octanol–water partition coefficient (Wildman–Crippen LogP) is 2.25.